The fourth-order valence-electron chi connectivity index (χ4n) is 2.16. The molecule has 1 aromatic carbocycles. The van der Waals surface area contributed by atoms with Crippen LogP contribution in [0.3, 0.4) is 0 Å². The molecule has 5 nitrogen and oxygen atoms in total. The number of hydrogen-bond acceptors (Lipinski definition) is 4. The highest BCUT2D eigenvalue weighted by atomic mass is 35.5. The molecule has 2 rings (SSSR count). The Labute approximate surface area is 139 Å². The van der Waals surface area contributed by atoms with E-state index < -0.39 is 5.97 Å². The van der Waals surface area contributed by atoms with Gasteiger partial charge >= 0.3 is 5.97 Å². The summed E-state index contributed by atoms with van der Waals surface area (Å²) in [5.74, 6) is -0.457. The largest absolute Gasteiger partial charge is 0.461 e. The molecular formula is C17H16ClN3O2. The molecule has 0 bridgehead atoms. The lowest BCUT2D eigenvalue weighted by molar-refractivity contribution is 0.0515. The van der Waals surface area contributed by atoms with Gasteiger partial charge in [-0.25, -0.2) is 9.78 Å². The van der Waals surface area contributed by atoms with E-state index in [9.17, 15) is 4.79 Å². The zero-order valence-electron chi connectivity index (χ0n) is 13.0. The van der Waals surface area contributed by atoms with Crippen molar-refractivity contribution in [3.05, 3.63) is 58.7 Å². The van der Waals surface area contributed by atoms with Crippen molar-refractivity contribution in [1.29, 1.82) is 5.26 Å². The lowest BCUT2D eigenvalue weighted by Gasteiger charge is -2.10. The van der Waals surface area contributed by atoms with Gasteiger partial charge in [-0.15, -0.1) is 0 Å². The number of benzene rings is 1. The molecule has 23 heavy (non-hydrogen) atoms. The van der Waals surface area contributed by atoms with Gasteiger partial charge < -0.3 is 4.74 Å². The predicted octanol–water partition coefficient (Wildman–Crippen LogP) is 3.69. The number of nitriles is 1. The summed E-state index contributed by atoms with van der Waals surface area (Å²) in [5, 5.41) is 9.27. The third kappa shape index (κ3) is 3.61. The van der Waals surface area contributed by atoms with E-state index in [1.165, 1.54) is 0 Å². The molecule has 0 fully saturated rings. The zero-order chi connectivity index (χ0) is 17.0. The van der Waals surface area contributed by atoms with E-state index in [1.807, 2.05) is 13.0 Å². The molecule has 0 radical (unpaired) electrons. The maximum atomic E-state index is 12.3. The van der Waals surface area contributed by atoms with E-state index in [1.54, 1.807) is 36.0 Å². The first-order chi connectivity index (χ1) is 11.0. The summed E-state index contributed by atoms with van der Waals surface area (Å²) in [6.45, 7) is 7.74. The van der Waals surface area contributed by atoms with Crippen molar-refractivity contribution in [3.63, 3.8) is 0 Å². The van der Waals surface area contributed by atoms with Crippen LogP contribution in [0.15, 0.2) is 36.7 Å². The summed E-state index contributed by atoms with van der Waals surface area (Å²) in [4.78, 5) is 16.6. The summed E-state index contributed by atoms with van der Waals surface area (Å²) in [5.41, 5.74) is 2.83. The van der Waals surface area contributed by atoms with Crippen LogP contribution in [0.2, 0.25) is 5.02 Å². The molecule has 118 valence electrons. The first kappa shape index (κ1) is 16.8. The van der Waals surface area contributed by atoms with E-state index in [0.29, 0.717) is 34.1 Å². The molecule has 0 aliphatic heterocycles. The van der Waals surface area contributed by atoms with Gasteiger partial charge in [-0.3, -0.25) is 4.57 Å². The number of hydrogen-bond donors (Lipinski definition) is 0. The molecule has 0 saturated carbocycles. The van der Waals surface area contributed by atoms with E-state index in [4.69, 9.17) is 21.6 Å². The summed E-state index contributed by atoms with van der Waals surface area (Å²) in [6, 6.07) is 6.93. The Hall–Kier alpha value is -2.58. The number of allylic oxidation sites excluding steroid dienone is 1. The van der Waals surface area contributed by atoms with Crippen molar-refractivity contribution < 1.29 is 9.53 Å². The van der Waals surface area contributed by atoms with Gasteiger partial charge in [-0.05, 0) is 32.0 Å². The molecule has 0 aliphatic rings. The molecule has 1 aromatic heterocycles. The van der Waals surface area contributed by atoms with Crippen LogP contribution in [0.1, 0.15) is 35.6 Å². The number of ether oxygens (including phenoxy) is 1. The van der Waals surface area contributed by atoms with Crippen LogP contribution in [-0.4, -0.2) is 22.1 Å². The van der Waals surface area contributed by atoms with Crippen LogP contribution in [-0.2, 0) is 11.2 Å². The molecule has 6 heteroatoms. The normalized spacial score (nSPS) is 10.2. The number of rotatable bonds is 5. The van der Waals surface area contributed by atoms with Crippen LogP contribution in [0, 0.1) is 11.3 Å². The smallest absolute Gasteiger partial charge is 0.357 e. The van der Waals surface area contributed by atoms with E-state index in [2.05, 4.69) is 11.6 Å². The van der Waals surface area contributed by atoms with Crippen molar-refractivity contribution in [2.24, 2.45) is 0 Å². The molecule has 0 saturated heterocycles. The molecule has 1 heterocycles. The van der Waals surface area contributed by atoms with Crippen LogP contribution < -0.4 is 0 Å². The van der Waals surface area contributed by atoms with Crippen LogP contribution in [0.4, 0.5) is 0 Å². The van der Waals surface area contributed by atoms with Gasteiger partial charge in [0, 0.05) is 12.1 Å². The molecule has 0 amide bonds. The number of carbonyl (C=O) groups excluding carboxylic acids is 1. The fraction of sp³-hybridized carbons (Fsp3) is 0.235. The Kier molecular flexibility index (Phi) is 5.20. The van der Waals surface area contributed by atoms with Crippen molar-refractivity contribution in [3.8, 4) is 11.8 Å². The van der Waals surface area contributed by atoms with Crippen molar-refractivity contribution in [2.75, 3.05) is 6.61 Å². The Morgan fingerprint density at radius 1 is 1.52 bits per heavy atom. The van der Waals surface area contributed by atoms with Gasteiger partial charge in [0.2, 0.25) is 0 Å². The minimum Gasteiger partial charge on any atom is -0.461 e. The minimum atomic E-state index is -0.457. The molecule has 0 N–H and O–H groups in total. The molecule has 0 aliphatic carbocycles. The maximum Gasteiger partial charge on any atom is 0.357 e. The third-order valence-corrected chi connectivity index (χ3v) is 3.45. The molecule has 0 spiro atoms. The Morgan fingerprint density at radius 3 is 2.83 bits per heavy atom. The molecule has 0 atom stereocenters. The van der Waals surface area contributed by atoms with E-state index in [0.717, 1.165) is 5.57 Å². The lowest BCUT2D eigenvalue weighted by atomic mass is 10.1. The van der Waals surface area contributed by atoms with Crippen molar-refractivity contribution in [1.82, 2.24) is 9.55 Å². The van der Waals surface area contributed by atoms with Crippen LogP contribution >= 0.6 is 11.6 Å². The zero-order valence-corrected chi connectivity index (χ0v) is 13.7. The number of carbonyl (C=O) groups is 1. The average Bonchev–Trinajstić information content (AvgIpc) is 2.90. The number of halogens is 1. The number of imidazole rings is 1. The van der Waals surface area contributed by atoms with E-state index >= 15 is 0 Å². The standard InChI is InChI=1S/C17H16ClN3O2/c1-4-23-17(22)16-15(7-11(2)3)20-10-21(16)13-6-5-12(9-19)14(18)8-13/h5-6,8,10H,2,4,7H2,1,3H3. The van der Waals surface area contributed by atoms with Crippen LogP contribution in [0.5, 0.6) is 0 Å². The summed E-state index contributed by atoms with van der Waals surface area (Å²) in [6.07, 6.45) is 2.02. The van der Waals surface area contributed by atoms with Gasteiger partial charge in [-0.2, -0.15) is 5.26 Å². The Bertz CT molecular complexity index is 803. The highest BCUT2D eigenvalue weighted by molar-refractivity contribution is 6.31. The minimum absolute atomic E-state index is 0.269. The number of esters is 1. The van der Waals surface area contributed by atoms with Crippen molar-refractivity contribution >= 4 is 17.6 Å². The van der Waals surface area contributed by atoms with Crippen LogP contribution in [0.25, 0.3) is 5.69 Å². The quantitative estimate of drug-likeness (QED) is 0.619. The lowest BCUT2D eigenvalue weighted by Crippen LogP contribution is -2.13. The van der Waals surface area contributed by atoms with Gasteiger partial charge in [0.25, 0.3) is 0 Å². The van der Waals surface area contributed by atoms with Gasteiger partial charge in [-0.1, -0.05) is 23.8 Å². The summed E-state index contributed by atoms with van der Waals surface area (Å²) < 4.78 is 6.75. The molecule has 0 unspecified atom stereocenters. The SMILES string of the molecule is C=C(C)Cc1ncn(-c2ccc(C#N)c(Cl)c2)c1C(=O)OCC. The molecule has 2 aromatic rings. The molecular weight excluding hydrogens is 314 g/mol. The van der Waals surface area contributed by atoms with E-state index in [-0.39, 0.29) is 6.61 Å². The maximum absolute atomic E-state index is 12.3. The number of aromatic nitrogens is 2. The second-order valence-electron chi connectivity index (χ2n) is 5.04. The van der Waals surface area contributed by atoms with Gasteiger partial charge in [0.05, 0.1) is 22.9 Å². The fourth-order valence-corrected chi connectivity index (χ4v) is 2.37. The Balaban J connectivity index is 2.56. The van der Waals surface area contributed by atoms with Gasteiger partial charge in [0.15, 0.2) is 5.69 Å². The highest BCUT2D eigenvalue weighted by Gasteiger charge is 2.21. The first-order valence-electron chi connectivity index (χ1n) is 7.05. The highest BCUT2D eigenvalue weighted by Crippen LogP contribution is 2.23. The van der Waals surface area contributed by atoms with Gasteiger partial charge in [0.1, 0.15) is 12.4 Å². The summed E-state index contributed by atoms with van der Waals surface area (Å²) >= 11 is 6.08. The summed E-state index contributed by atoms with van der Waals surface area (Å²) in [7, 11) is 0. The average molecular weight is 330 g/mol. The predicted molar refractivity (Wildman–Crippen MR) is 87.8 cm³/mol. The Morgan fingerprint density at radius 2 is 2.26 bits per heavy atom. The number of nitrogens with zero attached hydrogens (tertiary/aromatic N) is 3. The monoisotopic (exact) mass is 329 g/mol. The second kappa shape index (κ2) is 7.12. The third-order valence-electron chi connectivity index (χ3n) is 3.13. The second-order valence-corrected chi connectivity index (χ2v) is 5.45. The topological polar surface area (TPSA) is 67.9 Å². The van der Waals surface area contributed by atoms with Crippen molar-refractivity contribution in [2.45, 2.75) is 20.3 Å². The first-order valence-corrected chi connectivity index (χ1v) is 7.43.